The fraction of sp³-hybridized carbons (Fsp3) is 0.500. The van der Waals surface area contributed by atoms with Crippen molar-refractivity contribution in [2.75, 3.05) is 0 Å². The molecule has 1 saturated carbocycles. The molecule has 0 bridgehead atoms. The second-order valence-corrected chi connectivity index (χ2v) is 4.77. The number of phenols is 1. The quantitative estimate of drug-likeness (QED) is 0.781. The van der Waals surface area contributed by atoms with Crippen molar-refractivity contribution in [3.05, 3.63) is 28.3 Å². The zero-order valence-corrected chi connectivity index (χ0v) is 9.30. The Labute approximate surface area is 89.7 Å². The minimum atomic E-state index is 0.328. The Balaban J connectivity index is 2.45. The van der Waals surface area contributed by atoms with E-state index in [1.807, 2.05) is 0 Å². The van der Waals surface area contributed by atoms with Crippen molar-refractivity contribution in [2.45, 2.75) is 38.5 Å². The minimum absolute atomic E-state index is 0.328. The number of halogens is 1. The van der Waals surface area contributed by atoms with Gasteiger partial charge >= 0.3 is 0 Å². The molecular formula is C12H15ClO. The maximum Gasteiger partial charge on any atom is 0.120 e. The van der Waals surface area contributed by atoms with Gasteiger partial charge in [0.05, 0.1) is 0 Å². The summed E-state index contributed by atoms with van der Waals surface area (Å²) in [7, 11) is 0. The summed E-state index contributed by atoms with van der Waals surface area (Å²) in [5.74, 6) is 1.32. The van der Waals surface area contributed by atoms with Gasteiger partial charge in [-0.2, -0.15) is 0 Å². The molecule has 2 rings (SSSR count). The highest BCUT2D eigenvalue weighted by molar-refractivity contribution is 6.31. The molecule has 1 aromatic rings. The van der Waals surface area contributed by atoms with E-state index in [1.165, 1.54) is 18.4 Å². The number of hydrogen-bond acceptors (Lipinski definition) is 1. The molecule has 1 N–H and O–H groups in total. The predicted molar refractivity (Wildman–Crippen MR) is 59.2 cm³/mol. The average molecular weight is 211 g/mol. The summed E-state index contributed by atoms with van der Waals surface area (Å²) in [6.45, 7) is 4.17. The van der Waals surface area contributed by atoms with Crippen LogP contribution in [0.15, 0.2) is 12.1 Å². The molecule has 2 heteroatoms. The van der Waals surface area contributed by atoms with Crippen molar-refractivity contribution in [2.24, 2.45) is 0 Å². The first-order valence-electron chi connectivity index (χ1n) is 5.12. The van der Waals surface area contributed by atoms with Crippen LogP contribution in [0.3, 0.4) is 0 Å². The first kappa shape index (κ1) is 9.85. The summed E-state index contributed by atoms with van der Waals surface area (Å²) in [5.41, 5.74) is 2.23. The van der Waals surface area contributed by atoms with Crippen LogP contribution >= 0.6 is 11.6 Å². The Morgan fingerprint density at radius 1 is 1.36 bits per heavy atom. The van der Waals surface area contributed by atoms with Crippen LogP contribution in [0.2, 0.25) is 5.02 Å². The third kappa shape index (κ3) is 1.74. The Kier molecular flexibility index (Phi) is 2.44. The lowest BCUT2D eigenvalue weighted by atomic mass is 9.98. The molecule has 1 aromatic carbocycles. The van der Waals surface area contributed by atoms with Gasteiger partial charge in [-0.15, -0.1) is 0 Å². The molecule has 0 unspecified atom stereocenters. The topological polar surface area (TPSA) is 20.2 Å². The molecule has 0 amide bonds. The van der Waals surface area contributed by atoms with Gasteiger partial charge in [0, 0.05) is 5.02 Å². The van der Waals surface area contributed by atoms with Gasteiger partial charge in [0.2, 0.25) is 0 Å². The highest BCUT2D eigenvalue weighted by atomic mass is 35.5. The molecule has 1 fully saturated rings. The van der Waals surface area contributed by atoms with Gasteiger partial charge in [-0.3, -0.25) is 0 Å². The highest BCUT2D eigenvalue weighted by Crippen LogP contribution is 2.45. The average Bonchev–Trinajstić information content (AvgIpc) is 2.86. The molecule has 1 aliphatic carbocycles. The van der Waals surface area contributed by atoms with E-state index in [4.69, 9.17) is 11.6 Å². The molecule has 0 aliphatic heterocycles. The Bertz CT molecular complexity index is 330. The second kappa shape index (κ2) is 3.47. The number of benzene rings is 1. The largest absolute Gasteiger partial charge is 0.508 e. The van der Waals surface area contributed by atoms with Crippen molar-refractivity contribution in [3.63, 3.8) is 0 Å². The van der Waals surface area contributed by atoms with Crippen LogP contribution in [0.4, 0.5) is 0 Å². The lowest BCUT2D eigenvalue weighted by Gasteiger charge is -2.12. The zero-order chi connectivity index (χ0) is 10.3. The smallest absolute Gasteiger partial charge is 0.120 e. The lowest BCUT2D eigenvalue weighted by Crippen LogP contribution is -1.92. The summed E-state index contributed by atoms with van der Waals surface area (Å²) in [5, 5.41) is 10.4. The lowest BCUT2D eigenvalue weighted by molar-refractivity contribution is 0.464. The van der Waals surface area contributed by atoms with E-state index in [9.17, 15) is 5.11 Å². The maximum atomic E-state index is 9.70. The molecule has 0 spiro atoms. The van der Waals surface area contributed by atoms with E-state index in [2.05, 4.69) is 19.9 Å². The standard InChI is InChI=1S/C12H15ClO/c1-7(2)9-5-10(8-3-4-8)11(13)6-12(9)14/h5-8,14H,3-4H2,1-2H3. The van der Waals surface area contributed by atoms with E-state index in [-0.39, 0.29) is 0 Å². The van der Waals surface area contributed by atoms with E-state index < -0.39 is 0 Å². The van der Waals surface area contributed by atoms with Gasteiger partial charge in [-0.05, 0) is 41.9 Å². The monoisotopic (exact) mass is 210 g/mol. The number of hydrogen-bond donors (Lipinski definition) is 1. The summed E-state index contributed by atoms with van der Waals surface area (Å²) in [6.07, 6.45) is 2.48. The van der Waals surface area contributed by atoms with Crippen molar-refractivity contribution >= 4 is 11.6 Å². The fourth-order valence-electron chi connectivity index (χ4n) is 1.77. The molecule has 14 heavy (non-hydrogen) atoms. The molecule has 1 nitrogen and oxygen atoms in total. The maximum absolute atomic E-state index is 9.70. The second-order valence-electron chi connectivity index (χ2n) is 4.36. The molecule has 76 valence electrons. The van der Waals surface area contributed by atoms with Gasteiger partial charge in [-0.1, -0.05) is 31.5 Å². The van der Waals surface area contributed by atoms with Crippen LogP contribution in [-0.4, -0.2) is 5.11 Å². The van der Waals surface area contributed by atoms with Gasteiger partial charge in [-0.25, -0.2) is 0 Å². The van der Waals surface area contributed by atoms with Gasteiger partial charge < -0.3 is 5.11 Å². The molecule has 0 aromatic heterocycles. The van der Waals surface area contributed by atoms with Crippen LogP contribution in [0, 0.1) is 0 Å². The third-order valence-electron chi connectivity index (χ3n) is 2.79. The summed E-state index contributed by atoms with van der Waals surface area (Å²) in [4.78, 5) is 0. The number of aromatic hydroxyl groups is 1. The van der Waals surface area contributed by atoms with Crippen LogP contribution in [0.5, 0.6) is 5.75 Å². The fourth-order valence-corrected chi connectivity index (χ4v) is 2.08. The minimum Gasteiger partial charge on any atom is -0.508 e. The van der Waals surface area contributed by atoms with E-state index in [0.29, 0.717) is 17.6 Å². The predicted octanol–water partition coefficient (Wildman–Crippen LogP) is 4.05. The Morgan fingerprint density at radius 3 is 2.50 bits per heavy atom. The van der Waals surface area contributed by atoms with Crippen LogP contribution < -0.4 is 0 Å². The number of phenolic OH excluding ortho intramolecular Hbond substituents is 1. The van der Waals surface area contributed by atoms with Crippen LogP contribution in [0.25, 0.3) is 0 Å². The van der Waals surface area contributed by atoms with E-state index in [0.717, 1.165) is 10.6 Å². The molecule has 1 aliphatic rings. The molecular weight excluding hydrogens is 196 g/mol. The van der Waals surface area contributed by atoms with Crippen molar-refractivity contribution in [3.8, 4) is 5.75 Å². The first-order chi connectivity index (χ1) is 6.59. The number of rotatable bonds is 2. The van der Waals surface area contributed by atoms with Crippen molar-refractivity contribution in [1.29, 1.82) is 0 Å². The SMILES string of the molecule is CC(C)c1cc(C2CC2)c(Cl)cc1O. The van der Waals surface area contributed by atoms with Gasteiger partial charge in [0.25, 0.3) is 0 Å². The Hall–Kier alpha value is -0.690. The molecule has 0 heterocycles. The summed E-state index contributed by atoms with van der Waals surface area (Å²) >= 11 is 6.08. The van der Waals surface area contributed by atoms with Gasteiger partial charge in [0.15, 0.2) is 0 Å². The molecule has 0 saturated heterocycles. The third-order valence-corrected chi connectivity index (χ3v) is 3.11. The zero-order valence-electron chi connectivity index (χ0n) is 8.55. The normalized spacial score (nSPS) is 16.3. The highest BCUT2D eigenvalue weighted by Gasteiger charge is 2.27. The summed E-state index contributed by atoms with van der Waals surface area (Å²) < 4.78 is 0. The van der Waals surface area contributed by atoms with E-state index >= 15 is 0 Å². The Morgan fingerprint density at radius 2 is 2.00 bits per heavy atom. The molecule has 0 atom stereocenters. The van der Waals surface area contributed by atoms with E-state index in [1.54, 1.807) is 6.07 Å². The van der Waals surface area contributed by atoms with Crippen molar-refractivity contribution < 1.29 is 5.11 Å². The van der Waals surface area contributed by atoms with Crippen LogP contribution in [-0.2, 0) is 0 Å². The van der Waals surface area contributed by atoms with Crippen molar-refractivity contribution in [1.82, 2.24) is 0 Å². The van der Waals surface area contributed by atoms with Gasteiger partial charge in [0.1, 0.15) is 5.75 Å². The first-order valence-corrected chi connectivity index (χ1v) is 5.49. The van der Waals surface area contributed by atoms with Crippen LogP contribution in [0.1, 0.15) is 49.7 Å². The summed E-state index contributed by atoms with van der Waals surface area (Å²) in [6, 6.07) is 3.75. The molecule has 0 radical (unpaired) electrons.